The molecule has 1 heterocycles. The zero-order chi connectivity index (χ0) is 21.2. The van der Waals surface area contributed by atoms with Crippen LogP contribution < -0.4 is 10.6 Å². The van der Waals surface area contributed by atoms with E-state index in [0.29, 0.717) is 5.56 Å². The minimum atomic E-state index is -0.629. The van der Waals surface area contributed by atoms with E-state index in [1.165, 1.54) is 18.4 Å². The first-order valence-corrected chi connectivity index (χ1v) is 9.21. The average molecular weight is 404 g/mol. The number of furan rings is 1. The summed E-state index contributed by atoms with van der Waals surface area (Å²) in [5, 5.41) is 4.98. The van der Waals surface area contributed by atoms with Gasteiger partial charge >= 0.3 is 5.97 Å². The minimum Gasteiger partial charge on any atom is -0.460 e. The summed E-state index contributed by atoms with van der Waals surface area (Å²) in [7, 11) is 0. The van der Waals surface area contributed by atoms with Crippen molar-refractivity contribution >= 4 is 23.9 Å². The molecule has 0 saturated heterocycles. The third-order valence-corrected chi connectivity index (χ3v) is 3.98. The van der Waals surface area contributed by atoms with Gasteiger partial charge in [-0.2, -0.15) is 0 Å². The molecule has 30 heavy (non-hydrogen) atoms. The Bertz CT molecular complexity index is 1010. The van der Waals surface area contributed by atoms with Gasteiger partial charge in [-0.05, 0) is 29.3 Å². The van der Waals surface area contributed by atoms with Crippen molar-refractivity contribution in [3.8, 4) is 0 Å². The van der Waals surface area contributed by atoms with Gasteiger partial charge in [0.25, 0.3) is 11.8 Å². The maximum absolute atomic E-state index is 12.6. The number of carbonyl (C=O) groups excluding carboxylic acids is 3. The van der Waals surface area contributed by atoms with Crippen molar-refractivity contribution in [3.05, 3.63) is 102 Å². The second kappa shape index (κ2) is 10.4. The van der Waals surface area contributed by atoms with E-state index >= 15 is 0 Å². The van der Waals surface area contributed by atoms with Gasteiger partial charge in [-0.1, -0.05) is 60.7 Å². The Labute approximate surface area is 173 Å². The lowest BCUT2D eigenvalue weighted by atomic mass is 10.2. The van der Waals surface area contributed by atoms with Crippen LogP contribution >= 0.6 is 0 Å². The molecule has 0 saturated carbocycles. The van der Waals surface area contributed by atoms with Gasteiger partial charge in [0.2, 0.25) is 0 Å². The van der Waals surface area contributed by atoms with E-state index in [1.54, 1.807) is 30.3 Å². The van der Waals surface area contributed by atoms with Crippen molar-refractivity contribution in [3.63, 3.8) is 0 Å². The Balaban J connectivity index is 1.62. The highest BCUT2D eigenvalue weighted by Gasteiger charge is 2.17. The Hall–Kier alpha value is -4.13. The third kappa shape index (κ3) is 6.20. The summed E-state index contributed by atoms with van der Waals surface area (Å²) in [4.78, 5) is 36.8. The highest BCUT2D eigenvalue weighted by Crippen LogP contribution is 2.07. The number of rotatable bonds is 8. The van der Waals surface area contributed by atoms with Crippen LogP contribution in [-0.2, 0) is 20.9 Å². The second-order valence-corrected chi connectivity index (χ2v) is 6.23. The van der Waals surface area contributed by atoms with E-state index in [4.69, 9.17) is 9.15 Å². The van der Waals surface area contributed by atoms with Crippen LogP contribution in [0, 0.1) is 0 Å². The first-order valence-electron chi connectivity index (χ1n) is 9.21. The van der Waals surface area contributed by atoms with Crippen LogP contribution in [0.4, 0.5) is 0 Å². The molecule has 2 amide bonds. The molecule has 0 aliphatic carbocycles. The molecule has 3 aromatic rings. The van der Waals surface area contributed by atoms with Crippen molar-refractivity contribution < 1.29 is 23.5 Å². The van der Waals surface area contributed by atoms with E-state index in [1.807, 2.05) is 36.4 Å². The van der Waals surface area contributed by atoms with Crippen molar-refractivity contribution in [2.45, 2.75) is 6.61 Å². The average Bonchev–Trinajstić information content (AvgIpc) is 3.32. The number of hydrogen-bond acceptors (Lipinski definition) is 5. The number of ether oxygens (including phenoxy) is 1. The minimum absolute atomic E-state index is 0.0292. The first kappa shape index (κ1) is 20.6. The van der Waals surface area contributed by atoms with Gasteiger partial charge in [-0.3, -0.25) is 14.4 Å². The standard InChI is InChI=1S/C23H20N2O5/c26-21(30-16-18-10-5-2-6-11-18)15-24-22(27)19(14-17-8-3-1-4-9-17)25-23(28)20-12-7-13-29-20/h1-14H,15-16H2,(H,24,27)(H,25,28). The Kier molecular flexibility index (Phi) is 7.16. The van der Waals surface area contributed by atoms with Crippen LogP contribution in [0.2, 0.25) is 0 Å². The molecule has 2 aromatic carbocycles. The van der Waals surface area contributed by atoms with Crippen molar-refractivity contribution in [1.82, 2.24) is 10.6 Å². The third-order valence-electron chi connectivity index (χ3n) is 3.98. The zero-order valence-corrected chi connectivity index (χ0v) is 16.0. The number of nitrogens with one attached hydrogen (secondary N) is 2. The largest absolute Gasteiger partial charge is 0.460 e. The molecule has 0 fully saturated rings. The second-order valence-electron chi connectivity index (χ2n) is 6.23. The Morgan fingerprint density at radius 2 is 1.60 bits per heavy atom. The zero-order valence-electron chi connectivity index (χ0n) is 16.0. The summed E-state index contributed by atoms with van der Waals surface area (Å²) in [5.74, 6) is -1.74. The molecule has 0 aliphatic heterocycles. The fourth-order valence-electron chi connectivity index (χ4n) is 2.50. The molecule has 1 aromatic heterocycles. The highest BCUT2D eigenvalue weighted by atomic mass is 16.5. The molecule has 0 aliphatic rings. The van der Waals surface area contributed by atoms with E-state index in [0.717, 1.165) is 5.56 Å². The molecule has 0 atom stereocenters. The van der Waals surface area contributed by atoms with Crippen LogP contribution in [0.15, 0.2) is 89.2 Å². The van der Waals surface area contributed by atoms with Gasteiger partial charge in [0.05, 0.1) is 6.26 Å². The Morgan fingerprint density at radius 1 is 0.900 bits per heavy atom. The van der Waals surface area contributed by atoms with Crippen LogP contribution in [0.5, 0.6) is 0 Å². The van der Waals surface area contributed by atoms with E-state index < -0.39 is 17.8 Å². The predicted molar refractivity (Wildman–Crippen MR) is 110 cm³/mol. The smallest absolute Gasteiger partial charge is 0.325 e. The van der Waals surface area contributed by atoms with Crippen molar-refractivity contribution in [2.75, 3.05) is 6.54 Å². The SMILES string of the molecule is O=C(CNC(=O)C(=Cc1ccccc1)NC(=O)c1ccco1)OCc1ccccc1. The van der Waals surface area contributed by atoms with Gasteiger partial charge in [0.15, 0.2) is 5.76 Å². The lowest BCUT2D eigenvalue weighted by molar-refractivity contribution is -0.144. The molecule has 2 N–H and O–H groups in total. The normalized spacial score (nSPS) is 10.9. The summed E-state index contributed by atoms with van der Waals surface area (Å²) in [6, 6.07) is 21.2. The van der Waals surface area contributed by atoms with Gasteiger partial charge in [-0.25, -0.2) is 0 Å². The molecule has 7 heteroatoms. The first-order chi connectivity index (χ1) is 14.6. The monoisotopic (exact) mass is 404 g/mol. The maximum Gasteiger partial charge on any atom is 0.325 e. The molecule has 3 rings (SSSR count). The summed E-state index contributed by atoms with van der Waals surface area (Å²) in [6.45, 7) is -0.230. The quantitative estimate of drug-likeness (QED) is 0.444. The van der Waals surface area contributed by atoms with Crippen LogP contribution in [0.25, 0.3) is 6.08 Å². The lowest BCUT2D eigenvalue weighted by Crippen LogP contribution is -2.37. The van der Waals surface area contributed by atoms with Gasteiger partial charge in [0.1, 0.15) is 18.8 Å². The Morgan fingerprint density at radius 3 is 2.27 bits per heavy atom. The fourth-order valence-corrected chi connectivity index (χ4v) is 2.50. The summed E-state index contributed by atoms with van der Waals surface area (Å²) < 4.78 is 10.2. The lowest BCUT2D eigenvalue weighted by Gasteiger charge is -2.10. The number of hydrogen-bond donors (Lipinski definition) is 2. The molecule has 0 radical (unpaired) electrons. The van der Waals surface area contributed by atoms with E-state index in [-0.39, 0.29) is 24.6 Å². The van der Waals surface area contributed by atoms with E-state index in [2.05, 4.69) is 10.6 Å². The van der Waals surface area contributed by atoms with Crippen molar-refractivity contribution in [2.24, 2.45) is 0 Å². The number of benzene rings is 2. The number of amides is 2. The van der Waals surface area contributed by atoms with Gasteiger partial charge in [0, 0.05) is 0 Å². The van der Waals surface area contributed by atoms with Crippen LogP contribution in [0.1, 0.15) is 21.7 Å². The summed E-state index contributed by atoms with van der Waals surface area (Å²) >= 11 is 0. The maximum atomic E-state index is 12.6. The van der Waals surface area contributed by atoms with Gasteiger partial charge < -0.3 is 19.8 Å². The van der Waals surface area contributed by atoms with Crippen LogP contribution in [0.3, 0.4) is 0 Å². The molecule has 0 bridgehead atoms. The molecular formula is C23H20N2O5. The molecule has 152 valence electrons. The van der Waals surface area contributed by atoms with Gasteiger partial charge in [-0.15, -0.1) is 0 Å². The number of carbonyl (C=O) groups is 3. The highest BCUT2D eigenvalue weighted by molar-refractivity contribution is 6.05. The fraction of sp³-hybridized carbons (Fsp3) is 0.0870. The summed E-state index contributed by atoms with van der Waals surface area (Å²) in [6.07, 6.45) is 2.86. The molecule has 0 unspecified atom stereocenters. The molecular weight excluding hydrogens is 384 g/mol. The molecule has 0 spiro atoms. The topological polar surface area (TPSA) is 97.6 Å². The van der Waals surface area contributed by atoms with E-state index in [9.17, 15) is 14.4 Å². The number of esters is 1. The molecule has 7 nitrogen and oxygen atoms in total. The van der Waals surface area contributed by atoms with Crippen LogP contribution in [-0.4, -0.2) is 24.3 Å². The summed E-state index contributed by atoms with van der Waals surface area (Å²) in [5.41, 5.74) is 1.51. The van der Waals surface area contributed by atoms with Crippen molar-refractivity contribution in [1.29, 1.82) is 0 Å². The predicted octanol–water partition coefficient (Wildman–Crippen LogP) is 2.91.